The Morgan fingerprint density at radius 2 is 1.83 bits per heavy atom. The van der Waals surface area contributed by atoms with Crippen molar-refractivity contribution in [3.63, 3.8) is 0 Å². The normalized spacial score (nSPS) is 15.1. The van der Waals surface area contributed by atoms with Gasteiger partial charge in [-0.3, -0.25) is 14.2 Å². The minimum absolute atomic E-state index is 0.138. The van der Waals surface area contributed by atoms with Crippen molar-refractivity contribution in [3.05, 3.63) is 101 Å². The van der Waals surface area contributed by atoms with Gasteiger partial charge in [-0.05, 0) is 84.2 Å². The summed E-state index contributed by atoms with van der Waals surface area (Å²) < 4.78 is 14.5. The van der Waals surface area contributed by atoms with Crippen molar-refractivity contribution in [2.75, 3.05) is 26.8 Å². The van der Waals surface area contributed by atoms with Crippen molar-refractivity contribution in [2.24, 2.45) is 4.99 Å². The van der Waals surface area contributed by atoms with E-state index in [0.717, 1.165) is 32.1 Å². The molecule has 1 atom stereocenters. The number of fused-ring (bicyclic) bond motifs is 2. The van der Waals surface area contributed by atoms with Crippen LogP contribution in [0, 0.1) is 0 Å². The molecule has 0 bridgehead atoms. The Balaban J connectivity index is 1.80. The van der Waals surface area contributed by atoms with Crippen molar-refractivity contribution >= 4 is 50.0 Å². The van der Waals surface area contributed by atoms with Crippen molar-refractivity contribution in [1.29, 1.82) is 0 Å². The first-order chi connectivity index (χ1) is 19.8. The molecule has 0 fully saturated rings. The Morgan fingerprint density at radius 1 is 1.10 bits per heavy atom. The summed E-state index contributed by atoms with van der Waals surface area (Å²) in [5.74, 6) is 1.21. The number of rotatable bonds is 8. The van der Waals surface area contributed by atoms with Crippen molar-refractivity contribution in [1.82, 2.24) is 9.47 Å². The number of likely N-dealkylation sites (N-methyl/N-ethyl adjacent to an activating group) is 1. The molecule has 0 saturated carbocycles. The van der Waals surface area contributed by atoms with Gasteiger partial charge in [0.25, 0.3) is 11.5 Å². The molecule has 0 aliphatic carbocycles. The number of allylic oxidation sites excluding steroid dienone is 1. The van der Waals surface area contributed by atoms with Crippen LogP contribution in [0.2, 0.25) is 0 Å². The van der Waals surface area contributed by atoms with Crippen molar-refractivity contribution in [2.45, 2.75) is 33.7 Å². The lowest BCUT2D eigenvalue weighted by atomic mass is 9.90. The van der Waals surface area contributed by atoms with Gasteiger partial charge in [0, 0.05) is 18.7 Å². The van der Waals surface area contributed by atoms with E-state index in [2.05, 4.69) is 15.9 Å². The first-order valence-corrected chi connectivity index (χ1v) is 15.2. The average Bonchev–Trinajstić information content (AvgIpc) is 3.27. The molecular formula is C32H32BrN3O4S. The summed E-state index contributed by atoms with van der Waals surface area (Å²) in [5, 5.41) is 1.91. The zero-order valence-electron chi connectivity index (χ0n) is 23.7. The molecule has 0 spiro atoms. The lowest BCUT2D eigenvalue weighted by Crippen LogP contribution is -2.43. The molecular weight excluding hydrogens is 602 g/mol. The number of amides is 1. The van der Waals surface area contributed by atoms with Crippen LogP contribution in [0.5, 0.6) is 11.5 Å². The van der Waals surface area contributed by atoms with E-state index in [1.54, 1.807) is 16.6 Å². The molecule has 0 unspecified atom stereocenters. The molecule has 9 heteroatoms. The minimum Gasteiger partial charge on any atom is -0.496 e. The first-order valence-electron chi connectivity index (χ1n) is 13.6. The molecule has 1 amide bonds. The first kappa shape index (κ1) is 28.8. The maximum Gasteiger partial charge on any atom is 0.271 e. The Morgan fingerprint density at radius 3 is 2.51 bits per heavy atom. The number of benzene rings is 3. The lowest BCUT2D eigenvalue weighted by Gasteiger charge is -2.30. The highest BCUT2D eigenvalue weighted by atomic mass is 79.9. The van der Waals surface area contributed by atoms with Gasteiger partial charge in [-0.25, -0.2) is 4.99 Å². The summed E-state index contributed by atoms with van der Waals surface area (Å²) in [6.45, 7) is 9.34. The number of hydrogen-bond acceptors (Lipinski definition) is 6. The van der Waals surface area contributed by atoms with Crippen LogP contribution in [-0.2, 0) is 4.79 Å². The third-order valence-corrected chi connectivity index (χ3v) is 8.88. The topological polar surface area (TPSA) is 73.1 Å². The fraction of sp³-hybridized carbons (Fsp3) is 0.281. The van der Waals surface area contributed by atoms with E-state index in [0.29, 0.717) is 46.0 Å². The molecule has 1 aromatic heterocycles. The zero-order valence-corrected chi connectivity index (χ0v) is 26.1. The van der Waals surface area contributed by atoms with Crippen molar-refractivity contribution in [3.8, 4) is 11.5 Å². The maximum atomic E-state index is 14.2. The second-order valence-corrected chi connectivity index (χ2v) is 11.4. The molecule has 0 radical (unpaired) electrons. The molecule has 0 N–H and O–H groups in total. The fourth-order valence-corrected chi connectivity index (χ4v) is 6.87. The van der Waals surface area contributed by atoms with Crippen LogP contribution in [0.4, 0.5) is 0 Å². The van der Waals surface area contributed by atoms with Gasteiger partial charge in [0.2, 0.25) is 0 Å². The van der Waals surface area contributed by atoms with Gasteiger partial charge < -0.3 is 14.4 Å². The standard InChI is InChI=1S/C32H32BrN3O4S/c1-6-35(7-2)31(38)27-19(4)34-32-36(29(27)28-22-12-10-9-11-21(22)14-16-25(28)39-5)30(37)26(41-32)18-20-13-15-24(40-8-3)23(33)17-20/h9-18,29H,6-8H2,1-5H3/b26-18+/t29-/m0/s1. The van der Waals surface area contributed by atoms with Gasteiger partial charge in [0.1, 0.15) is 17.5 Å². The number of aromatic nitrogens is 1. The number of halogens is 1. The van der Waals surface area contributed by atoms with E-state index in [9.17, 15) is 9.59 Å². The lowest BCUT2D eigenvalue weighted by molar-refractivity contribution is -0.127. The highest BCUT2D eigenvalue weighted by Gasteiger charge is 2.36. The van der Waals surface area contributed by atoms with Gasteiger partial charge >= 0.3 is 0 Å². The fourth-order valence-electron chi connectivity index (χ4n) is 5.32. The van der Waals surface area contributed by atoms with Gasteiger partial charge in [0.05, 0.1) is 34.0 Å². The van der Waals surface area contributed by atoms with E-state index < -0.39 is 6.04 Å². The molecule has 1 aliphatic heterocycles. The molecule has 5 rings (SSSR count). The number of nitrogens with zero attached hydrogens (tertiary/aromatic N) is 3. The molecule has 1 aliphatic rings. The van der Waals surface area contributed by atoms with Crippen LogP contribution in [-0.4, -0.2) is 42.2 Å². The molecule has 4 aromatic rings. The molecule has 41 heavy (non-hydrogen) atoms. The van der Waals surface area contributed by atoms with E-state index in [-0.39, 0.29) is 11.5 Å². The van der Waals surface area contributed by atoms with Crippen LogP contribution < -0.4 is 24.4 Å². The predicted octanol–water partition coefficient (Wildman–Crippen LogP) is 5.43. The van der Waals surface area contributed by atoms with E-state index in [4.69, 9.17) is 14.5 Å². The molecule has 3 aromatic carbocycles. The average molecular weight is 635 g/mol. The third-order valence-electron chi connectivity index (χ3n) is 7.28. The van der Waals surface area contributed by atoms with Crippen LogP contribution in [0.1, 0.15) is 44.9 Å². The highest BCUT2D eigenvalue weighted by molar-refractivity contribution is 9.10. The Labute approximate surface area is 251 Å². The summed E-state index contributed by atoms with van der Waals surface area (Å²) in [4.78, 5) is 35.4. The summed E-state index contributed by atoms with van der Waals surface area (Å²) in [7, 11) is 1.61. The van der Waals surface area contributed by atoms with Crippen molar-refractivity contribution < 1.29 is 14.3 Å². The largest absolute Gasteiger partial charge is 0.496 e. The number of hydrogen-bond donors (Lipinski definition) is 0. The number of ether oxygens (including phenoxy) is 2. The van der Waals surface area contributed by atoms with E-state index >= 15 is 0 Å². The van der Waals surface area contributed by atoms with Gasteiger partial charge in [0.15, 0.2) is 4.80 Å². The number of thiazole rings is 1. The third kappa shape index (κ3) is 5.24. The van der Waals surface area contributed by atoms with E-state index in [1.165, 1.54) is 11.3 Å². The Bertz CT molecular complexity index is 1850. The SMILES string of the molecule is CCOc1ccc(/C=c2/sc3n(c2=O)[C@H](c2c(OC)ccc4ccccc24)C(C(=O)N(CC)CC)=C(C)N=3)cc1Br. The van der Waals surface area contributed by atoms with Gasteiger partial charge in [-0.2, -0.15) is 0 Å². The summed E-state index contributed by atoms with van der Waals surface area (Å²) in [5.41, 5.74) is 2.48. The molecule has 0 saturated heterocycles. The smallest absolute Gasteiger partial charge is 0.271 e. The van der Waals surface area contributed by atoms with E-state index in [1.807, 2.05) is 88.4 Å². The monoisotopic (exact) mass is 633 g/mol. The van der Waals surface area contributed by atoms with Crippen LogP contribution in [0.3, 0.4) is 0 Å². The predicted molar refractivity (Wildman–Crippen MR) is 168 cm³/mol. The number of carbonyl (C=O) groups excluding carboxylic acids is 1. The summed E-state index contributed by atoms with van der Waals surface area (Å²) in [6.07, 6.45) is 1.85. The second-order valence-electron chi connectivity index (χ2n) is 9.58. The van der Waals surface area contributed by atoms with Crippen LogP contribution >= 0.6 is 27.3 Å². The molecule has 212 valence electrons. The number of carbonyl (C=O) groups is 1. The highest BCUT2D eigenvalue weighted by Crippen LogP contribution is 2.40. The maximum absolute atomic E-state index is 14.2. The molecule has 2 heterocycles. The van der Waals surface area contributed by atoms with Gasteiger partial charge in [-0.15, -0.1) is 0 Å². The van der Waals surface area contributed by atoms with Gasteiger partial charge in [-0.1, -0.05) is 47.7 Å². The second kappa shape index (κ2) is 12.0. The summed E-state index contributed by atoms with van der Waals surface area (Å²) >= 11 is 4.88. The number of methoxy groups -OCH3 is 1. The van der Waals surface area contributed by atoms with Crippen LogP contribution in [0.25, 0.3) is 16.8 Å². The Hall–Kier alpha value is -3.69. The molecule has 7 nitrogen and oxygen atoms in total. The quantitative estimate of drug-likeness (QED) is 0.259. The Kier molecular flexibility index (Phi) is 8.47. The minimum atomic E-state index is -0.713. The van der Waals surface area contributed by atoms with Crippen LogP contribution in [0.15, 0.2) is 80.1 Å². The zero-order chi connectivity index (χ0) is 29.3. The summed E-state index contributed by atoms with van der Waals surface area (Å²) in [6, 6.07) is 16.9.